The number of fused-ring (bicyclic) bond motifs is 3. The molecule has 0 aliphatic carbocycles. The van der Waals surface area contributed by atoms with E-state index in [4.69, 9.17) is 9.84 Å². The Balaban J connectivity index is 1.61. The quantitative estimate of drug-likeness (QED) is 0.370. The Morgan fingerprint density at radius 2 is 1.83 bits per heavy atom. The third kappa shape index (κ3) is 3.38. The van der Waals surface area contributed by atoms with E-state index in [-0.39, 0.29) is 11.9 Å². The minimum absolute atomic E-state index is 0.0568. The van der Waals surface area contributed by atoms with Crippen LogP contribution in [0.5, 0.6) is 5.75 Å². The van der Waals surface area contributed by atoms with Crippen molar-refractivity contribution in [1.82, 2.24) is 5.01 Å². The Labute approximate surface area is 185 Å². The van der Waals surface area contributed by atoms with Crippen LogP contribution >= 0.6 is 31.9 Å². The molecule has 0 fully saturated rings. The Morgan fingerprint density at radius 1 is 1.03 bits per heavy atom. The zero-order chi connectivity index (χ0) is 20.1. The van der Waals surface area contributed by atoms with Crippen molar-refractivity contribution in [2.75, 3.05) is 0 Å². The van der Waals surface area contributed by atoms with Gasteiger partial charge in [-0.1, -0.05) is 51.8 Å². The van der Waals surface area contributed by atoms with E-state index in [0.29, 0.717) is 4.47 Å². The first kappa shape index (κ1) is 18.8. The molecule has 0 aromatic heterocycles. The van der Waals surface area contributed by atoms with Gasteiger partial charge in [0.25, 0.3) is 0 Å². The van der Waals surface area contributed by atoms with E-state index in [1.807, 2.05) is 17.1 Å². The molecule has 3 nitrogen and oxygen atoms in total. The molecule has 146 valence electrons. The predicted molar refractivity (Wildman–Crippen MR) is 119 cm³/mol. The number of hydrogen-bond donors (Lipinski definition) is 0. The van der Waals surface area contributed by atoms with Crippen LogP contribution in [0.15, 0.2) is 74.7 Å². The molecular weight excluding hydrogens is 499 g/mol. The zero-order valence-electron chi connectivity index (χ0n) is 15.6. The Hall–Kier alpha value is -2.18. The molecule has 2 atom stereocenters. The van der Waals surface area contributed by atoms with Gasteiger partial charge >= 0.3 is 0 Å². The van der Waals surface area contributed by atoms with Crippen molar-refractivity contribution in [3.8, 4) is 5.75 Å². The topological polar surface area (TPSA) is 24.8 Å². The van der Waals surface area contributed by atoms with Crippen LogP contribution in [0.1, 0.15) is 40.9 Å². The lowest BCUT2D eigenvalue weighted by molar-refractivity contribution is -0.0191. The van der Waals surface area contributed by atoms with Crippen LogP contribution in [0.2, 0.25) is 0 Å². The fourth-order valence-corrected chi connectivity index (χ4v) is 4.64. The highest BCUT2D eigenvalue weighted by molar-refractivity contribution is 9.10. The second-order valence-corrected chi connectivity index (χ2v) is 9.11. The van der Waals surface area contributed by atoms with Gasteiger partial charge in [0.1, 0.15) is 11.6 Å². The number of nitrogens with zero attached hydrogens (tertiary/aromatic N) is 2. The maximum absolute atomic E-state index is 13.8. The maximum Gasteiger partial charge on any atom is 0.213 e. The molecule has 0 N–H and O–H groups in total. The van der Waals surface area contributed by atoms with Crippen molar-refractivity contribution in [1.29, 1.82) is 0 Å². The number of aryl methyl sites for hydroxylation is 1. The minimum atomic E-state index is -0.423. The lowest BCUT2D eigenvalue weighted by Crippen LogP contribution is -2.33. The van der Waals surface area contributed by atoms with E-state index in [0.717, 1.165) is 39.0 Å². The van der Waals surface area contributed by atoms with Crippen molar-refractivity contribution in [3.05, 3.63) is 97.7 Å². The van der Waals surface area contributed by atoms with Crippen LogP contribution in [0.3, 0.4) is 0 Å². The Morgan fingerprint density at radius 3 is 2.59 bits per heavy atom. The van der Waals surface area contributed by atoms with E-state index < -0.39 is 6.23 Å². The molecule has 0 amide bonds. The van der Waals surface area contributed by atoms with Crippen molar-refractivity contribution >= 4 is 37.6 Å². The summed E-state index contributed by atoms with van der Waals surface area (Å²) in [7, 11) is 0. The van der Waals surface area contributed by atoms with Gasteiger partial charge < -0.3 is 4.74 Å². The second-order valence-electron chi connectivity index (χ2n) is 7.34. The first-order valence-electron chi connectivity index (χ1n) is 9.33. The summed E-state index contributed by atoms with van der Waals surface area (Å²) in [5.41, 5.74) is 5.31. The standard InChI is InChI=1S/C23H17Br2FN2O/c1-13-2-4-14(5-3-13)20-12-21-17-11-16(24)7-9-22(17)29-23(28(21)27-20)15-6-8-19(26)18(25)10-15/h2-11,21,23H,12H2,1H3. The number of hydrazone groups is 1. The molecule has 0 bridgehead atoms. The summed E-state index contributed by atoms with van der Waals surface area (Å²) in [6.45, 7) is 2.08. The van der Waals surface area contributed by atoms with Crippen LogP contribution < -0.4 is 4.74 Å². The second kappa shape index (κ2) is 7.26. The number of rotatable bonds is 2. The van der Waals surface area contributed by atoms with Gasteiger partial charge in [0.05, 0.1) is 16.2 Å². The molecular formula is C23H17Br2FN2O. The molecule has 3 aromatic rings. The lowest BCUT2D eigenvalue weighted by atomic mass is 9.95. The fraction of sp³-hybridized carbons (Fsp3) is 0.174. The van der Waals surface area contributed by atoms with Crippen molar-refractivity contribution in [2.45, 2.75) is 25.6 Å². The van der Waals surface area contributed by atoms with Crippen LogP contribution in [0.25, 0.3) is 0 Å². The highest BCUT2D eigenvalue weighted by Crippen LogP contribution is 2.48. The van der Waals surface area contributed by atoms with E-state index in [1.165, 1.54) is 11.6 Å². The van der Waals surface area contributed by atoms with Crippen molar-refractivity contribution in [3.63, 3.8) is 0 Å². The SMILES string of the molecule is Cc1ccc(C2=NN3C(C2)c2cc(Br)ccc2OC3c2ccc(F)c(Br)c2)cc1. The van der Waals surface area contributed by atoms with Gasteiger partial charge in [-0.2, -0.15) is 5.10 Å². The molecule has 2 aliphatic heterocycles. The van der Waals surface area contributed by atoms with Crippen LogP contribution in [0, 0.1) is 12.7 Å². The molecule has 6 heteroatoms. The molecule has 2 unspecified atom stereocenters. The summed E-state index contributed by atoms with van der Waals surface area (Å²) in [6, 6.07) is 19.5. The van der Waals surface area contributed by atoms with Crippen LogP contribution in [0.4, 0.5) is 4.39 Å². The summed E-state index contributed by atoms with van der Waals surface area (Å²) >= 11 is 6.86. The predicted octanol–water partition coefficient (Wildman–Crippen LogP) is 6.90. The van der Waals surface area contributed by atoms with E-state index in [9.17, 15) is 4.39 Å². The van der Waals surface area contributed by atoms with E-state index in [1.54, 1.807) is 12.1 Å². The van der Waals surface area contributed by atoms with Gasteiger partial charge in [-0.25, -0.2) is 9.40 Å². The zero-order valence-corrected chi connectivity index (χ0v) is 18.7. The molecule has 0 saturated carbocycles. The summed E-state index contributed by atoms with van der Waals surface area (Å²) in [5, 5.41) is 6.95. The summed E-state index contributed by atoms with van der Waals surface area (Å²) < 4.78 is 21.6. The minimum Gasteiger partial charge on any atom is -0.464 e. The lowest BCUT2D eigenvalue weighted by Gasteiger charge is -2.38. The van der Waals surface area contributed by atoms with Gasteiger partial charge in [0.15, 0.2) is 0 Å². The first-order valence-corrected chi connectivity index (χ1v) is 10.9. The van der Waals surface area contributed by atoms with Gasteiger partial charge in [0, 0.05) is 22.0 Å². The molecule has 0 saturated heterocycles. The van der Waals surface area contributed by atoms with Crippen LogP contribution in [-0.2, 0) is 0 Å². The molecule has 3 aromatic carbocycles. The summed E-state index contributed by atoms with van der Waals surface area (Å²) in [4.78, 5) is 0. The molecule has 5 rings (SSSR count). The fourth-order valence-electron chi connectivity index (χ4n) is 3.86. The Bertz CT molecular complexity index is 1130. The monoisotopic (exact) mass is 514 g/mol. The molecule has 29 heavy (non-hydrogen) atoms. The first-order chi connectivity index (χ1) is 14.0. The Kier molecular flexibility index (Phi) is 4.71. The van der Waals surface area contributed by atoms with Gasteiger partial charge in [-0.3, -0.25) is 0 Å². The number of hydrogen-bond acceptors (Lipinski definition) is 3. The van der Waals surface area contributed by atoms with Crippen molar-refractivity contribution in [2.24, 2.45) is 5.10 Å². The van der Waals surface area contributed by atoms with Gasteiger partial charge in [-0.05, 0) is 58.7 Å². The van der Waals surface area contributed by atoms with E-state index >= 15 is 0 Å². The third-order valence-electron chi connectivity index (χ3n) is 5.37. The largest absolute Gasteiger partial charge is 0.464 e. The summed E-state index contributed by atoms with van der Waals surface area (Å²) in [5.74, 6) is 0.538. The average molecular weight is 516 g/mol. The molecule has 2 heterocycles. The highest BCUT2D eigenvalue weighted by atomic mass is 79.9. The van der Waals surface area contributed by atoms with Gasteiger partial charge in [0.2, 0.25) is 6.23 Å². The van der Waals surface area contributed by atoms with Crippen molar-refractivity contribution < 1.29 is 9.13 Å². The highest BCUT2D eigenvalue weighted by Gasteiger charge is 2.41. The number of halogens is 3. The third-order valence-corrected chi connectivity index (χ3v) is 6.47. The maximum atomic E-state index is 13.8. The van der Waals surface area contributed by atoms with E-state index in [2.05, 4.69) is 69.1 Å². The molecule has 0 radical (unpaired) electrons. The number of ether oxygens (including phenoxy) is 1. The number of benzene rings is 3. The smallest absolute Gasteiger partial charge is 0.213 e. The van der Waals surface area contributed by atoms with Crippen LogP contribution in [-0.4, -0.2) is 10.7 Å². The molecule has 2 aliphatic rings. The van der Waals surface area contributed by atoms with Gasteiger partial charge in [-0.15, -0.1) is 0 Å². The normalized spacial score (nSPS) is 20.0. The molecule has 0 spiro atoms. The summed E-state index contributed by atoms with van der Waals surface area (Å²) in [6.07, 6.45) is 0.364. The average Bonchev–Trinajstić information content (AvgIpc) is 3.16.